The van der Waals surface area contributed by atoms with Crippen molar-refractivity contribution in [3.05, 3.63) is 109 Å². The summed E-state index contributed by atoms with van der Waals surface area (Å²) < 4.78 is 22.8. The molecule has 0 saturated carbocycles. The minimum absolute atomic E-state index is 0.117. The molecule has 0 aromatic heterocycles. The molecule has 0 aliphatic carbocycles. The number of aliphatic hydroxyl groups is 4. The lowest BCUT2D eigenvalue weighted by molar-refractivity contribution is -0.305. The van der Waals surface area contributed by atoms with Crippen LogP contribution >= 0.6 is 0 Å². The van der Waals surface area contributed by atoms with Crippen molar-refractivity contribution in [1.82, 2.24) is 0 Å². The number of hydrogen-bond acceptors (Lipinski definition) is 9. The van der Waals surface area contributed by atoms with Crippen molar-refractivity contribution in [2.24, 2.45) is 0 Å². The molecule has 0 radical (unpaired) electrons. The van der Waals surface area contributed by atoms with Gasteiger partial charge in [0.05, 0.1) is 19.8 Å². The van der Waals surface area contributed by atoms with Crippen molar-refractivity contribution in [3.63, 3.8) is 0 Å². The molecule has 9 heteroatoms. The number of carbonyl (C=O) groups excluding carboxylic acids is 1. The van der Waals surface area contributed by atoms with Crippen LogP contribution in [0.25, 0.3) is 0 Å². The van der Waals surface area contributed by atoms with Crippen LogP contribution in [-0.4, -0.2) is 89.6 Å². The fraction of sp³-hybridized carbons (Fsp3) is 0.655. The zero-order valence-corrected chi connectivity index (χ0v) is 40.0. The Balaban J connectivity index is 2.26. The van der Waals surface area contributed by atoms with Crippen LogP contribution in [0.5, 0.6) is 0 Å². The Morgan fingerprint density at radius 2 is 0.906 bits per heavy atom. The molecule has 0 bridgehead atoms. The van der Waals surface area contributed by atoms with Gasteiger partial charge < -0.3 is 39.4 Å². The molecular weight excluding hydrogens is 805 g/mol. The van der Waals surface area contributed by atoms with Crippen LogP contribution in [-0.2, 0) is 23.7 Å². The van der Waals surface area contributed by atoms with Gasteiger partial charge in [0.15, 0.2) is 6.29 Å². The van der Waals surface area contributed by atoms with Gasteiger partial charge in [0.1, 0.15) is 30.5 Å². The first kappa shape index (κ1) is 58.9. The average molecular weight is 895 g/mol. The van der Waals surface area contributed by atoms with Gasteiger partial charge in [-0.1, -0.05) is 175 Å². The number of unbranched alkanes of at least 4 members (excludes halogenated alkanes) is 12. The summed E-state index contributed by atoms with van der Waals surface area (Å²) in [4.78, 5) is 12.8. The molecule has 4 N–H and O–H groups in total. The number of aliphatic hydroxyl groups excluding tert-OH is 4. The highest BCUT2D eigenvalue weighted by Gasteiger charge is 2.44. The number of allylic oxidation sites excluding steroid dienone is 18. The molecule has 0 aromatic rings. The van der Waals surface area contributed by atoms with Crippen molar-refractivity contribution in [2.45, 2.75) is 205 Å². The van der Waals surface area contributed by atoms with Crippen molar-refractivity contribution in [3.8, 4) is 0 Å². The third-order valence-corrected chi connectivity index (χ3v) is 10.7. The van der Waals surface area contributed by atoms with E-state index in [1.54, 1.807) is 0 Å². The smallest absolute Gasteiger partial charge is 0.306 e. The second-order valence-corrected chi connectivity index (χ2v) is 16.5. The first-order valence-electron chi connectivity index (χ1n) is 25.0. The second-order valence-electron chi connectivity index (χ2n) is 16.5. The minimum Gasteiger partial charge on any atom is -0.457 e. The third-order valence-electron chi connectivity index (χ3n) is 10.7. The van der Waals surface area contributed by atoms with Gasteiger partial charge in [-0.2, -0.15) is 0 Å². The Hall–Kier alpha value is -3.15. The highest BCUT2D eigenvalue weighted by molar-refractivity contribution is 5.69. The number of rotatable bonds is 41. The van der Waals surface area contributed by atoms with Crippen LogP contribution in [0.2, 0.25) is 0 Å². The minimum atomic E-state index is -1.55. The normalized spacial score (nSPS) is 20.5. The standard InChI is InChI=1S/C55H90O9/c1-3-5-7-9-11-13-15-17-19-21-23-25-26-28-30-32-34-36-38-40-42-44-51(57)63-49(48-62-55-54(60)53(59)52(58)50(46-56)64-55)47-61-45-43-41-39-37-35-33-31-29-27-24-22-20-18-16-14-12-10-8-6-4-2/h5-8,11-14,17-20,23-25,27,31,33,49-50,52-56,58-60H,3-4,9-10,15-16,21-22,26,28-30,32,34-48H2,1-2H3/b7-5-,8-6-,13-11-,14-12-,19-17-,20-18-,25-23-,27-24-,33-31-. The fourth-order valence-corrected chi connectivity index (χ4v) is 6.86. The van der Waals surface area contributed by atoms with Crippen LogP contribution in [0, 0.1) is 0 Å². The first-order chi connectivity index (χ1) is 31.4. The predicted octanol–water partition coefficient (Wildman–Crippen LogP) is 12.1. The lowest BCUT2D eigenvalue weighted by Gasteiger charge is -2.39. The van der Waals surface area contributed by atoms with E-state index in [4.69, 9.17) is 18.9 Å². The molecule has 0 amide bonds. The monoisotopic (exact) mass is 895 g/mol. The van der Waals surface area contributed by atoms with E-state index >= 15 is 0 Å². The largest absolute Gasteiger partial charge is 0.457 e. The number of esters is 1. The molecule has 1 rings (SSSR count). The van der Waals surface area contributed by atoms with Crippen LogP contribution in [0.1, 0.15) is 168 Å². The van der Waals surface area contributed by atoms with E-state index in [-0.39, 0.29) is 19.2 Å². The Kier molecular flexibility index (Phi) is 41.4. The van der Waals surface area contributed by atoms with E-state index in [0.717, 1.165) is 122 Å². The summed E-state index contributed by atoms with van der Waals surface area (Å²) in [6, 6.07) is 0. The maximum atomic E-state index is 12.8. The predicted molar refractivity (Wildman–Crippen MR) is 265 cm³/mol. The van der Waals surface area contributed by atoms with Gasteiger partial charge in [-0.25, -0.2) is 0 Å². The van der Waals surface area contributed by atoms with Crippen LogP contribution in [0.15, 0.2) is 109 Å². The summed E-state index contributed by atoms with van der Waals surface area (Å²) in [5, 5.41) is 40.2. The molecule has 1 aliphatic rings. The Labute approximate surface area is 389 Å². The van der Waals surface area contributed by atoms with Crippen molar-refractivity contribution in [1.29, 1.82) is 0 Å². The average Bonchev–Trinajstić information content (AvgIpc) is 3.30. The molecule has 6 unspecified atom stereocenters. The van der Waals surface area contributed by atoms with E-state index in [2.05, 4.69) is 123 Å². The number of carbonyl (C=O) groups is 1. The van der Waals surface area contributed by atoms with Crippen molar-refractivity contribution < 1.29 is 44.2 Å². The SMILES string of the molecule is CC/C=C\C/C=C\C/C=C\C/C=C\C/C=C\CCCCCCOCC(COC1OC(CO)C(O)C(O)C1O)OC(=O)CCCCCCCCCC/C=C\C/C=C\C/C=C\C/C=C\CC. The van der Waals surface area contributed by atoms with Crippen LogP contribution < -0.4 is 0 Å². The number of hydrogen-bond donors (Lipinski definition) is 4. The van der Waals surface area contributed by atoms with E-state index in [0.29, 0.717) is 13.0 Å². The molecule has 1 aliphatic heterocycles. The maximum absolute atomic E-state index is 12.8. The third kappa shape index (κ3) is 35.2. The van der Waals surface area contributed by atoms with Crippen LogP contribution in [0.4, 0.5) is 0 Å². The van der Waals surface area contributed by atoms with Gasteiger partial charge >= 0.3 is 5.97 Å². The summed E-state index contributed by atoms with van der Waals surface area (Å²) in [7, 11) is 0. The fourth-order valence-electron chi connectivity index (χ4n) is 6.86. The van der Waals surface area contributed by atoms with Gasteiger partial charge in [-0.05, 0) is 96.3 Å². The molecule has 1 fully saturated rings. The highest BCUT2D eigenvalue weighted by Crippen LogP contribution is 2.22. The summed E-state index contributed by atoms with van der Waals surface area (Å²) >= 11 is 0. The van der Waals surface area contributed by atoms with Crippen LogP contribution in [0.3, 0.4) is 0 Å². The zero-order chi connectivity index (χ0) is 46.4. The molecule has 64 heavy (non-hydrogen) atoms. The lowest BCUT2D eigenvalue weighted by atomic mass is 9.99. The van der Waals surface area contributed by atoms with Crippen molar-refractivity contribution in [2.75, 3.05) is 26.4 Å². The van der Waals surface area contributed by atoms with E-state index in [9.17, 15) is 25.2 Å². The highest BCUT2D eigenvalue weighted by atomic mass is 16.7. The quantitative estimate of drug-likeness (QED) is 0.0269. The summed E-state index contributed by atoms with van der Waals surface area (Å²) in [6.45, 7) is 4.24. The molecule has 364 valence electrons. The van der Waals surface area contributed by atoms with E-state index in [1.165, 1.54) is 25.7 Å². The topological polar surface area (TPSA) is 135 Å². The number of ether oxygens (including phenoxy) is 4. The Morgan fingerprint density at radius 3 is 1.36 bits per heavy atom. The molecular formula is C55H90O9. The zero-order valence-electron chi connectivity index (χ0n) is 40.0. The molecule has 1 heterocycles. The van der Waals surface area contributed by atoms with E-state index < -0.39 is 43.4 Å². The summed E-state index contributed by atoms with van der Waals surface area (Å²) in [5.74, 6) is -0.336. The van der Waals surface area contributed by atoms with Gasteiger partial charge in [0.25, 0.3) is 0 Å². The van der Waals surface area contributed by atoms with Gasteiger partial charge in [0, 0.05) is 13.0 Å². The summed E-state index contributed by atoms with van der Waals surface area (Å²) in [5.41, 5.74) is 0. The first-order valence-corrected chi connectivity index (χ1v) is 25.0. The Bertz CT molecular complexity index is 1340. The molecule has 0 aromatic carbocycles. The summed E-state index contributed by atoms with van der Waals surface area (Å²) in [6.07, 6.45) is 56.8. The Morgan fingerprint density at radius 1 is 0.500 bits per heavy atom. The van der Waals surface area contributed by atoms with Crippen molar-refractivity contribution >= 4 is 5.97 Å². The maximum Gasteiger partial charge on any atom is 0.306 e. The molecule has 6 atom stereocenters. The molecule has 9 nitrogen and oxygen atoms in total. The van der Waals surface area contributed by atoms with Gasteiger partial charge in [-0.3, -0.25) is 4.79 Å². The van der Waals surface area contributed by atoms with Gasteiger partial charge in [0.2, 0.25) is 0 Å². The molecule has 0 spiro atoms. The van der Waals surface area contributed by atoms with Gasteiger partial charge in [-0.15, -0.1) is 0 Å². The molecule has 1 saturated heterocycles. The van der Waals surface area contributed by atoms with E-state index in [1.807, 2.05) is 0 Å². The lowest BCUT2D eigenvalue weighted by Crippen LogP contribution is -2.59. The second kappa shape index (κ2) is 45.0.